The average molecular weight is 344 g/mol. The number of carboxylic acid groups (broad SMARTS) is 1. The second kappa shape index (κ2) is 6.51. The molecule has 0 saturated carbocycles. The Bertz CT molecular complexity index is 812. The lowest BCUT2D eigenvalue weighted by molar-refractivity contribution is -0.149. The second-order valence-corrected chi connectivity index (χ2v) is 5.88. The second-order valence-electron chi connectivity index (χ2n) is 5.88. The van der Waals surface area contributed by atoms with E-state index < -0.39 is 24.1 Å². The molecule has 1 aliphatic rings. The van der Waals surface area contributed by atoms with Crippen LogP contribution in [0.1, 0.15) is 16.8 Å². The number of methoxy groups -OCH3 is 1. The topological polar surface area (TPSA) is 79.7 Å². The third-order valence-electron chi connectivity index (χ3n) is 4.28. The van der Waals surface area contributed by atoms with Crippen LogP contribution >= 0.6 is 0 Å². The molecule has 25 heavy (non-hydrogen) atoms. The van der Waals surface area contributed by atoms with Gasteiger partial charge in [-0.3, -0.25) is 9.78 Å². The Morgan fingerprint density at radius 3 is 2.72 bits per heavy atom. The van der Waals surface area contributed by atoms with Gasteiger partial charge in [0, 0.05) is 30.3 Å². The van der Waals surface area contributed by atoms with Crippen LogP contribution < -0.4 is 4.74 Å². The molecule has 3 rings (SSSR count). The first-order valence-corrected chi connectivity index (χ1v) is 7.75. The lowest BCUT2D eigenvalue weighted by Crippen LogP contribution is -2.38. The number of aromatic nitrogens is 1. The predicted octanol–water partition coefficient (Wildman–Crippen LogP) is 2.40. The molecule has 1 aromatic heterocycles. The van der Waals surface area contributed by atoms with E-state index in [0.29, 0.717) is 22.6 Å². The van der Waals surface area contributed by atoms with Gasteiger partial charge in [-0.05, 0) is 30.3 Å². The van der Waals surface area contributed by atoms with Gasteiger partial charge < -0.3 is 14.7 Å². The number of nitrogens with zero attached hydrogens (tertiary/aromatic N) is 2. The Morgan fingerprint density at radius 2 is 2.12 bits per heavy atom. The van der Waals surface area contributed by atoms with Crippen LogP contribution in [0.5, 0.6) is 5.75 Å². The largest absolute Gasteiger partial charge is 0.496 e. The van der Waals surface area contributed by atoms with Gasteiger partial charge in [0.1, 0.15) is 5.75 Å². The third kappa shape index (κ3) is 3.17. The Morgan fingerprint density at radius 1 is 1.32 bits per heavy atom. The molecule has 0 bridgehead atoms. The van der Waals surface area contributed by atoms with Gasteiger partial charge >= 0.3 is 5.97 Å². The maximum Gasteiger partial charge on any atom is 0.343 e. The zero-order chi connectivity index (χ0) is 18.0. The molecule has 130 valence electrons. The minimum Gasteiger partial charge on any atom is -0.496 e. The number of benzene rings is 1. The molecule has 0 radical (unpaired) electrons. The molecule has 1 aromatic carbocycles. The van der Waals surface area contributed by atoms with Crippen molar-refractivity contribution in [3.05, 3.63) is 48.2 Å². The Balaban J connectivity index is 1.91. The van der Waals surface area contributed by atoms with E-state index in [1.54, 1.807) is 36.5 Å². The van der Waals surface area contributed by atoms with Gasteiger partial charge in [-0.15, -0.1) is 0 Å². The van der Waals surface area contributed by atoms with Crippen molar-refractivity contribution in [2.75, 3.05) is 20.2 Å². The fraction of sp³-hybridized carbons (Fsp3) is 0.278. The number of rotatable bonds is 4. The number of carboxylic acids is 1. The molecular formula is C18H17FN2O4. The van der Waals surface area contributed by atoms with Crippen LogP contribution in [0.3, 0.4) is 0 Å². The summed E-state index contributed by atoms with van der Waals surface area (Å²) in [5.41, 5.74) is -0.777. The van der Waals surface area contributed by atoms with Gasteiger partial charge in [-0.2, -0.15) is 0 Å². The van der Waals surface area contributed by atoms with Crippen LogP contribution in [-0.2, 0) is 4.79 Å². The van der Waals surface area contributed by atoms with E-state index in [2.05, 4.69) is 4.98 Å². The molecule has 6 nitrogen and oxygen atoms in total. The van der Waals surface area contributed by atoms with Crippen molar-refractivity contribution in [1.82, 2.24) is 9.88 Å². The minimum atomic E-state index is -2.38. The van der Waals surface area contributed by atoms with Crippen molar-refractivity contribution in [1.29, 1.82) is 0 Å². The van der Waals surface area contributed by atoms with Crippen LogP contribution in [0, 0.1) is 0 Å². The summed E-state index contributed by atoms with van der Waals surface area (Å²) < 4.78 is 19.5. The number of hydrogen-bond acceptors (Lipinski definition) is 4. The number of alkyl halides is 1. The number of amides is 1. The minimum absolute atomic E-state index is 0.0621. The average Bonchev–Trinajstić information content (AvgIpc) is 3.05. The van der Waals surface area contributed by atoms with E-state index in [0.717, 1.165) is 0 Å². The van der Waals surface area contributed by atoms with Crippen molar-refractivity contribution in [3.63, 3.8) is 0 Å². The Labute approximate surface area is 143 Å². The highest BCUT2D eigenvalue weighted by Gasteiger charge is 2.47. The van der Waals surface area contributed by atoms with E-state index >= 15 is 0 Å². The fourth-order valence-corrected chi connectivity index (χ4v) is 2.87. The van der Waals surface area contributed by atoms with Crippen LogP contribution in [0.15, 0.2) is 42.6 Å². The van der Waals surface area contributed by atoms with E-state index in [1.807, 2.05) is 6.07 Å². The summed E-state index contributed by atoms with van der Waals surface area (Å²) in [6.45, 7) is -0.390. The summed E-state index contributed by atoms with van der Waals surface area (Å²) in [7, 11) is 1.52. The third-order valence-corrected chi connectivity index (χ3v) is 4.28. The number of aliphatic carboxylic acids is 1. The molecule has 1 N–H and O–H groups in total. The Hall–Kier alpha value is -2.96. The number of carbonyl (C=O) groups excluding carboxylic acids is 1. The Kier molecular flexibility index (Phi) is 4.39. The first-order valence-electron chi connectivity index (χ1n) is 7.75. The van der Waals surface area contributed by atoms with Gasteiger partial charge in [0.25, 0.3) is 5.91 Å². The highest BCUT2D eigenvalue weighted by Crippen LogP contribution is 2.31. The smallest absolute Gasteiger partial charge is 0.343 e. The highest BCUT2D eigenvalue weighted by atomic mass is 19.1. The van der Waals surface area contributed by atoms with E-state index in [1.165, 1.54) is 12.0 Å². The molecule has 7 heteroatoms. The first-order chi connectivity index (χ1) is 11.9. The van der Waals surface area contributed by atoms with Gasteiger partial charge in [0.2, 0.25) is 5.67 Å². The molecule has 2 heterocycles. The molecule has 1 saturated heterocycles. The van der Waals surface area contributed by atoms with Gasteiger partial charge in [0.05, 0.1) is 19.3 Å². The number of hydrogen-bond donors (Lipinski definition) is 1. The van der Waals surface area contributed by atoms with Crippen molar-refractivity contribution in [2.24, 2.45) is 0 Å². The van der Waals surface area contributed by atoms with E-state index in [9.17, 15) is 14.0 Å². The zero-order valence-corrected chi connectivity index (χ0v) is 13.6. The van der Waals surface area contributed by atoms with Crippen LogP contribution in [0.4, 0.5) is 4.39 Å². The maximum absolute atomic E-state index is 14.2. The molecule has 1 aliphatic heterocycles. The standard InChI is InChI=1S/C18H17FN2O4/c1-25-15-6-5-12(10-13(15)14-4-2-3-8-20-14)16(22)21-9-7-18(19,11-21)17(23)24/h2-6,8,10H,7,9,11H2,1H3,(H,23,24). The number of carbonyl (C=O) groups is 2. The van der Waals surface area contributed by atoms with Crippen molar-refractivity contribution in [3.8, 4) is 17.0 Å². The molecule has 1 fully saturated rings. The van der Waals surface area contributed by atoms with Gasteiger partial charge in [-0.25, -0.2) is 9.18 Å². The van der Waals surface area contributed by atoms with Crippen molar-refractivity contribution in [2.45, 2.75) is 12.1 Å². The molecule has 0 spiro atoms. The first kappa shape index (κ1) is 16.9. The summed E-state index contributed by atoms with van der Waals surface area (Å²) in [6.07, 6.45) is 1.42. The summed E-state index contributed by atoms with van der Waals surface area (Å²) in [4.78, 5) is 29.1. The van der Waals surface area contributed by atoms with Crippen molar-refractivity contribution >= 4 is 11.9 Å². The summed E-state index contributed by atoms with van der Waals surface area (Å²) in [6, 6.07) is 10.2. The van der Waals surface area contributed by atoms with E-state index in [-0.39, 0.29) is 13.0 Å². The molecular weight excluding hydrogens is 327 g/mol. The normalized spacial score (nSPS) is 19.7. The van der Waals surface area contributed by atoms with Gasteiger partial charge in [-0.1, -0.05) is 6.07 Å². The molecule has 0 aliphatic carbocycles. The van der Waals surface area contributed by atoms with E-state index in [4.69, 9.17) is 9.84 Å². The number of halogens is 1. The lowest BCUT2D eigenvalue weighted by Gasteiger charge is -2.18. The fourth-order valence-electron chi connectivity index (χ4n) is 2.87. The van der Waals surface area contributed by atoms with Crippen LogP contribution in [0.25, 0.3) is 11.3 Å². The quantitative estimate of drug-likeness (QED) is 0.921. The molecule has 1 unspecified atom stereocenters. The number of pyridine rings is 1. The van der Waals surface area contributed by atoms with Crippen LogP contribution in [0.2, 0.25) is 0 Å². The molecule has 1 amide bonds. The summed E-state index contributed by atoms with van der Waals surface area (Å²) in [5.74, 6) is -1.39. The summed E-state index contributed by atoms with van der Waals surface area (Å²) in [5, 5.41) is 8.97. The summed E-state index contributed by atoms with van der Waals surface area (Å²) >= 11 is 0. The lowest BCUT2D eigenvalue weighted by atomic mass is 10.0. The van der Waals surface area contributed by atoms with Crippen molar-refractivity contribution < 1.29 is 23.8 Å². The SMILES string of the molecule is COc1ccc(C(=O)N2CCC(F)(C(=O)O)C2)cc1-c1ccccn1. The molecule has 1 atom stereocenters. The predicted molar refractivity (Wildman–Crippen MR) is 88.2 cm³/mol. The highest BCUT2D eigenvalue weighted by molar-refractivity contribution is 5.97. The monoisotopic (exact) mass is 344 g/mol. The van der Waals surface area contributed by atoms with Crippen LogP contribution in [-0.4, -0.2) is 52.7 Å². The number of likely N-dealkylation sites (tertiary alicyclic amines) is 1. The zero-order valence-electron chi connectivity index (χ0n) is 13.6. The molecule has 2 aromatic rings. The maximum atomic E-state index is 14.2. The number of ether oxygens (including phenoxy) is 1. The van der Waals surface area contributed by atoms with Gasteiger partial charge in [0.15, 0.2) is 0 Å².